The van der Waals surface area contributed by atoms with E-state index in [1.54, 1.807) is 24.1 Å². The monoisotopic (exact) mass is 573 g/mol. The molecule has 1 aliphatic rings. The lowest BCUT2D eigenvalue weighted by Gasteiger charge is -2.34. The van der Waals surface area contributed by atoms with E-state index in [-0.39, 0.29) is 11.9 Å². The number of nitrogens with zero attached hydrogens (tertiary/aromatic N) is 7. The Morgan fingerprint density at radius 1 is 1.15 bits per heavy atom. The number of carbonyl (C=O) groups excluding carboxylic acids is 1. The van der Waals surface area contributed by atoms with Gasteiger partial charge in [0.15, 0.2) is 0 Å². The molecule has 1 atom stereocenters. The number of carbonyl (C=O) groups is 1. The zero-order valence-corrected chi connectivity index (χ0v) is 24.4. The molecule has 0 N–H and O–H groups in total. The third-order valence-corrected chi connectivity index (χ3v) is 8.24. The van der Waals surface area contributed by atoms with Crippen molar-refractivity contribution in [3.63, 3.8) is 0 Å². The Hall–Kier alpha value is -4.50. The molecule has 5 rings (SSSR count). The number of aryl methyl sites for hydroxylation is 2. The van der Waals surface area contributed by atoms with Gasteiger partial charge in [0.1, 0.15) is 11.6 Å². The highest BCUT2D eigenvalue weighted by molar-refractivity contribution is 7.89. The van der Waals surface area contributed by atoms with Crippen LogP contribution in [0.4, 0.5) is 5.69 Å². The Labute approximate surface area is 239 Å². The van der Waals surface area contributed by atoms with Crippen LogP contribution < -0.4 is 4.74 Å². The standard InChI is InChI=1S/C29H31N7O4S/c1-7-40-28-14-26(32-15-27(28)30-5)19(3)35-10-8-22-23(25-17-36(33-18(25)2)41(6,38)39)12-21(13-24(22)29(35)37)16-34-11-9-31-20(34)4/h9,11-15,17,19H,7-8,10,16H2,1-4,6H3/t19-/m0/s1. The van der Waals surface area contributed by atoms with Gasteiger partial charge in [0.2, 0.25) is 5.69 Å². The first-order chi connectivity index (χ1) is 19.5. The highest BCUT2D eigenvalue weighted by atomic mass is 32.2. The summed E-state index contributed by atoms with van der Waals surface area (Å²) < 4.78 is 33.1. The smallest absolute Gasteiger partial charge is 0.254 e. The number of benzene rings is 1. The van der Waals surface area contributed by atoms with Crippen LogP contribution >= 0.6 is 0 Å². The molecule has 1 amide bonds. The minimum Gasteiger partial charge on any atom is -0.505 e. The van der Waals surface area contributed by atoms with Gasteiger partial charge in [0, 0.05) is 42.8 Å². The van der Waals surface area contributed by atoms with Gasteiger partial charge in [-0.1, -0.05) is 0 Å². The average molecular weight is 574 g/mol. The molecule has 1 aliphatic heterocycles. The van der Waals surface area contributed by atoms with Crippen LogP contribution in [-0.2, 0) is 23.0 Å². The summed E-state index contributed by atoms with van der Waals surface area (Å²) in [6.45, 7) is 16.2. The minimum atomic E-state index is -3.58. The van der Waals surface area contributed by atoms with E-state index in [1.807, 2.05) is 43.7 Å². The Bertz CT molecular complexity index is 1800. The van der Waals surface area contributed by atoms with E-state index < -0.39 is 10.0 Å². The predicted molar refractivity (Wildman–Crippen MR) is 154 cm³/mol. The number of hydrogen-bond donors (Lipinski definition) is 0. The summed E-state index contributed by atoms with van der Waals surface area (Å²) in [4.78, 5) is 28.2. The maximum Gasteiger partial charge on any atom is 0.254 e. The summed E-state index contributed by atoms with van der Waals surface area (Å²) in [7, 11) is -3.58. The van der Waals surface area contributed by atoms with E-state index >= 15 is 0 Å². The maximum atomic E-state index is 14.1. The number of amides is 1. The molecule has 1 aromatic carbocycles. The molecule has 0 saturated heterocycles. The van der Waals surface area contributed by atoms with Crippen molar-refractivity contribution in [2.45, 2.75) is 46.7 Å². The molecule has 212 valence electrons. The first-order valence-corrected chi connectivity index (χ1v) is 15.1. The number of ether oxygens (including phenoxy) is 1. The van der Waals surface area contributed by atoms with Crippen molar-refractivity contribution in [2.75, 3.05) is 19.4 Å². The number of imidazole rings is 1. The summed E-state index contributed by atoms with van der Waals surface area (Å²) in [6, 6.07) is 5.29. The number of rotatable bonds is 8. The van der Waals surface area contributed by atoms with E-state index in [0.29, 0.717) is 60.1 Å². The molecule has 11 nitrogen and oxygen atoms in total. The van der Waals surface area contributed by atoms with E-state index in [1.165, 1.54) is 12.4 Å². The minimum absolute atomic E-state index is 0.147. The number of hydrogen-bond acceptors (Lipinski definition) is 7. The van der Waals surface area contributed by atoms with E-state index in [2.05, 4.69) is 19.9 Å². The summed E-state index contributed by atoms with van der Waals surface area (Å²) >= 11 is 0. The predicted octanol–water partition coefficient (Wildman–Crippen LogP) is 4.32. The molecule has 41 heavy (non-hydrogen) atoms. The summed E-state index contributed by atoms with van der Waals surface area (Å²) in [5.74, 6) is 1.14. The van der Waals surface area contributed by atoms with Crippen molar-refractivity contribution in [1.82, 2.24) is 28.6 Å². The second kappa shape index (κ2) is 10.8. The van der Waals surface area contributed by atoms with Crippen LogP contribution in [0.1, 0.15) is 58.6 Å². The number of aromatic nitrogens is 5. The number of pyridine rings is 1. The number of fused-ring (bicyclic) bond motifs is 1. The van der Waals surface area contributed by atoms with Crippen LogP contribution in [0.3, 0.4) is 0 Å². The van der Waals surface area contributed by atoms with Crippen molar-refractivity contribution in [3.05, 3.63) is 88.3 Å². The summed E-state index contributed by atoms with van der Waals surface area (Å²) in [5, 5.41) is 4.24. The van der Waals surface area contributed by atoms with Crippen molar-refractivity contribution >= 4 is 21.6 Å². The highest BCUT2D eigenvalue weighted by Crippen LogP contribution is 2.37. The quantitative estimate of drug-likeness (QED) is 0.288. The van der Waals surface area contributed by atoms with Crippen molar-refractivity contribution < 1.29 is 17.9 Å². The van der Waals surface area contributed by atoms with E-state index in [4.69, 9.17) is 11.3 Å². The van der Waals surface area contributed by atoms with E-state index in [9.17, 15) is 13.2 Å². The van der Waals surface area contributed by atoms with Crippen LogP contribution in [0.5, 0.6) is 5.75 Å². The normalized spacial score (nSPS) is 14.0. The Morgan fingerprint density at radius 2 is 1.90 bits per heavy atom. The first-order valence-electron chi connectivity index (χ1n) is 13.2. The molecule has 12 heteroatoms. The molecular formula is C29H31N7O4S. The van der Waals surface area contributed by atoms with Gasteiger partial charge >= 0.3 is 0 Å². The van der Waals surface area contributed by atoms with Crippen LogP contribution in [-0.4, -0.2) is 62.4 Å². The lowest BCUT2D eigenvalue weighted by molar-refractivity contribution is 0.0669. The van der Waals surface area contributed by atoms with Gasteiger partial charge in [-0.2, -0.15) is 9.19 Å². The van der Waals surface area contributed by atoms with Crippen LogP contribution in [0.25, 0.3) is 16.0 Å². The first kappa shape index (κ1) is 28.0. The topological polar surface area (TPSA) is 117 Å². The molecule has 0 radical (unpaired) electrons. The Balaban J connectivity index is 1.59. The van der Waals surface area contributed by atoms with Gasteiger partial charge in [-0.3, -0.25) is 9.78 Å². The van der Waals surface area contributed by atoms with Crippen LogP contribution in [0.15, 0.2) is 43.0 Å². The molecule has 0 saturated carbocycles. The molecule has 0 fully saturated rings. The van der Waals surface area contributed by atoms with Crippen molar-refractivity contribution in [2.24, 2.45) is 0 Å². The summed E-state index contributed by atoms with van der Waals surface area (Å²) in [5.41, 5.74) is 5.27. The average Bonchev–Trinajstić information content (AvgIpc) is 3.53. The van der Waals surface area contributed by atoms with Gasteiger partial charge < -0.3 is 14.2 Å². The lowest BCUT2D eigenvalue weighted by Crippen LogP contribution is -2.40. The van der Waals surface area contributed by atoms with E-state index in [0.717, 1.165) is 32.9 Å². The SMILES string of the molecule is [C-]#[N+]c1cnc([C@H](C)N2CCc3c(cc(Cn4ccnc4C)cc3-c3cn(S(C)(=O)=O)nc3C)C2=O)cc1OCC. The molecule has 4 aromatic rings. The fraction of sp³-hybridized carbons (Fsp3) is 0.345. The molecule has 0 aliphatic carbocycles. The van der Waals surface area contributed by atoms with Crippen LogP contribution in [0.2, 0.25) is 0 Å². The Morgan fingerprint density at radius 3 is 2.54 bits per heavy atom. The second-order valence-electron chi connectivity index (χ2n) is 10.1. The summed E-state index contributed by atoms with van der Waals surface area (Å²) in [6.07, 6.45) is 8.28. The molecule has 0 spiro atoms. The molecule has 4 heterocycles. The molecule has 3 aromatic heterocycles. The third kappa shape index (κ3) is 5.32. The van der Waals surface area contributed by atoms with Gasteiger partial charge in [-0.25, -0.2) is 18.2 Å². The van der Waals surface area contributed by atoms with Crippen molar-refractivity contribution in [3.8, 4) is 16.9 Å². The fourth-order valence-electron chi connectivity index (χ4n) is 5.21. The second-order valence-corrected chi connectivity index (χ2v) is 11.9. The molecular weight excluding hydrogens is 542 g/mol. The van der Waals surface area contributed by atoms with Crippen LogP contribution in [0, 0.1) is 20.4 Å². The van der Waals surface area contributed by atoms with Gasteiger partial charge in [-0.15, -0.1) is 0 Å². The zero-order chi connectivity index (χ0) is 29.5. The largest absolute Gasteiger partial charge is 0.505 e. The van der Waals surface area contributed by atoms with Gasteiger partial charge in [-0.05, 0) is 69.0 Å². The fourth-order valence-corrected chi connectivity index (χ4v) is 5.77. The van der Waals surface area contributed by atoms with Gasteiger partial charge in [0.05, 0.1) is 43.1 Å². The lowest BCUT2D eigenvalue weighted by atomic mass is 9.87. The highest BCUT2D eigenvalue weighted by Gasteiger charge is 2.32. The Kier molecular flexibility index (Phi) is 7.40. The molecule has 0 unspecified atom stereocenters. The third-order valence-electron chi connectivity index (χ3n) is 7.37. The molecule has 0 bridgehead atoms. The maximum absolute atomic E-state index is 14.1. The zero-order valence-electron chi connectivity index (χ0n) is 23.6. The van der Waals surface area contributed by atoms with Crippen molar-refractivity contribution in [1.29, 1.82) is 0 Å². The van der Waals surface area contributed by atoms with Gasteiger partial charge in [0.25, 0.3) is 15.9 Å².